The van der Waals surface area contributed by atoms with E-state index < -0.39 is 0 Å². The molecule has 0 radical (unpaired) electrons. The summed E-state index contributed by atoms with van der Waals surface area (Å²) in [5, 5.41) is 3.43. The summed E-state index contributed by atoms with van der Waals surface area (Å²) in [5.41, 5.74) is 2.38. The number of nitrogens with one attached hydrogen (secondary N) is 1. The monoisotopic (exact) mass is 206 g/mol. The van der Waals surface area contributed by atoms with Crippen molar-refractivity contribution >= 4 is 0 Å². The van der Waals surface area contributed by atoms with Crippen LogP contribution in [0.1, 0.15) is 30.0 Å². The molecule has 1 unspecified atom stereocenters. The molecule has 1 saturated heterocycles. The zero-order valence-corrected chi connectivity index (χ0v) is 9.42. The van der Waals surface area contributed by atoms with E-state index in [-0.39, 0.29) is 0 Å². The summed E-state index contributed by atoms with van der Waals surface area (Å²) < 4.78 is 5.41. The molecule has 0 saturated carbocycles. The van der Waals surface area contributed by atoms with Crippen LogP contribution in [0.15, 0.2) is 12.3 Å². The minimum absolute atomic E-state index is 0.558. The summed E-state index contributed by atoms with van der Waals surface area (Å²) in [7, 11) is 1.73. The fourth-order valence-electron chi connectivity index (χ4n) is 2.33. The van der Waals surface area contributed by atoms with Gasteiger partial charge in [-0.05, 0) is 32.4 Å². The van der Waals surface area contributed by atoms with E-state index in [1.54, 1.807) is 7.11 Å². The van der Waals surface area contributed by atoms with Crippen LogP contribution < -0.4 is 10.1 Å². The smallest absolute Gasteiger partial charge is 0.125 e. The maximum Gasteiger partial charge on any atom is 0.125 e. The summed E-state index contributed by atoms with van der Waals surface area (Å²) in [6.45, 7) is 4.24. The normalized spacial score (nSPS) is 21.3. The van der Waals surface area contributed by atoms with Crippen LogP contribution in [0, 0.1) is 6.92 Å². The number of hydrogen-bond donors (Lipinski definition) is 1. The lowest BCUT2D eigenvalue weighted by Crippen LogP contribution is -2.29. The van der Waals surface area contributed by atoms with Gasteiger partial charge in [0.05, 0.1) is 7.11 Å². The number of pyridine rings is 1. The molecule has 1 atom stereocenters. The molecule has 82 valence electrons. The van der Waals surface area contributed by atoms with E-state index in [0.717, 1.165) is 24.5 Å². The zero-order chi connectivity index (χ0) is 10.7. The number of aryl methyl sites for hydroxylation is 1. The van der Waals surface area contributed by atoms with Crippen molar-refractivity contribution in [1.29, 1.82) is 0 Å². The molecule has 1 aromatic heterocycles. The highest BCUT2D eigenvalue weighted by atomic mass is 16.5. The third-order valence-electron chi connectivity index (χ3n) is 3.07. The molecule has 3 heteroatoms. The average Bonchev–Trinajstić information content (AvgIpc) is 2.29. The molecule has 3 nitrogen and oxygen atoms in total. The number of rotatable bonds is 2. The standard InChI is InChI=1S/C12H18N2O/c1-9-12(10-4-3-6-13-8-10)11(15-2)5-7-14-9/h5,7,10,13H,3-4,6,8H2,1-2H3. The van der Waals surface area contributed by atoms with Gasteiger partial charge in [-0.1, -0.05) is 0 Å². The molecule has 0 bridgehead atoms. The average molecular weight is 206 g/mol. The van der Waals surface area contributed by atoms with E-state index in [4.69, 9.17) is 4.74 Å². The predicted molar refractivity (Wildman–Crippen MR) is 60.4 cm³/mol. The Balaban J connectivity index is 2.31. The second-order valence-corrected chi connectivity index (χ2v) is 4.06. The van der Waals surface area contributed by atoms with Crippen molar-refractivity contribution in [3.63, 3.8) is 0 Å². The number of nitrogens with zero attached hydrogens (tertiary/aromatic N) is 1. The molecular weight excluding hydrogens is 188 g/mol. The van der Waals surface area contributed by atoms with E-state index >= 15 is 0 Å². The number of piperidine rings is 1. The topological polar surface area (TPSA) is 34.1 Å². The Morgan fingerprint density at radius 2 is 2.40 bits per heavy atom. The van der Waals surface area contributed by atoms with Crippen molar-refractivity contribution in [2.24, 2.45) is 0 Å². The highest BCUT2D eigenvalue weighted by Crippen LogP contribution is 2.32. The van der Waals surface area contributed by atoms with Crippen LogP contribution >= 0.6 is 0 Å². The predicted octanol–water partition coefficient (Wildman–Crippen LogP) is 1.87. The van der Waals surface area contributed by atoms with Gasteiger partial charge < -0.3 is 10.1 Å². The number of ether oxygens (including phenoxy) is 1. The van der Waals surface area contributed by atoms with Crippen molar-refractivity contribution in [3.05, 3.63) is 23.5 Å². The molecule has 15 heavy (non-hydrogen) atoms. The summed E-state index contributed by atoms with van der Waals surface area (Å²) in [6.07, 6.45) is 4.28. The Bertz CT molecular complexity index is 332. The van der Waals surface area contributed by atoms with Crippen LogP contribution in [0.25, 0.3) is 0 Å². The highest BCUT2D eigenvalue weighted by Gasteiger charge is 2.21. The quantitative estimate of drug-likeness (QED) is 0.802. The van der Waals surface area contributed by atoms with E-state index in [1.165, 1.54) is 18.4 Å². The van der Waals surface area contributed by atoms with Crippen LogP contribution in [0.2, 0.25) is 0 Å². The molecule has 1 fully saturated rings. The first-order chi connectivity index (χ1) is 7.33. The molecule has 0 amide bonds. The van der Waals surface area contributed by atoms with Crippen LogP contribution in [0.3, 0.4) is 0 Å². The second-order valence-electron chi connectivity index (χ2n) is 4.06. The molecule has 0 aliphatic carbocycles. The third-order valence-corrected chi connectivity index (χ3v) is 3.07. The zero-order valence-electron chi connectivity index (χ0n) is 9.42. The van der Waals surface area contributed by atoms with Crippen LogP contribution in [-0.2, 0) is 0 Å². The van der Waals surface area contributed by atoms with Gasteiger partial charge in [0.25, 0.3) is 0 Å². The molecule has 1 aliphatic heterocycles. The third kappa shape index (κ3) is 2.12. The first-order valence-corrected chi connectivity index (χ1v) is 5.53. The van der Waals surface area contributed by atoms with Crippen molar-refractivity contribution in [2.75, 3.05) is 20.2 Å². The number of methoxy groups -OCH3 is 1. The Labute approximate surface area is 90.9 Å². The van der Waals surface area contributed by atoms with Crippen molar-refractivity contribution in [1.82, 2.24) is 10.3 Å². The number of hydrogen-bond acceptors (Lipinski definition) is 3. The molecule has 0 aromatic carbocycles. The number of aromatic nitrogens is 1. The fraction of sp³-hybridized carbons (Fsp3) is 0.583. The summed E-state index contributed by atoms with van der Waals surface area (Å²) >= 11 is 0. The Kier molecular flexibility index (Phi) is 3.21. The van der Waals surface area contributed by atoms with Gasteiger partial charge >= 0.3 is 0 Å². The molecule has 1 aromatic rings. The van der Waals surface area contributed by atoms with Gasteiger partial charge in [0.1, 0.15) is 5.75 Å². The van der Waals surface area contributed by atoms with E-state index in [0.29, 0.717) is 5.92 Å². The lowest BCUT2D eigenvalue weighted by molar-refractivity contribution is 0.390. The van der Waals surface area contributed by atoms with Crippen LogP contribution in [-0.4, -0.2) is 25.2 Å². The summed E-state index contributed by atoms with van der Waals surface area (Å²) in [5.74, 6) is 1.54. The van der Waals surface area contributed by atoms with Crippen LogP contribution in [0.5, 0.6) is 5.75 Å². The maximum atomic E-state index is 5.41. The maximum absolute atomic E-state index is 5.41. The van der Waals surface area contributed by atoms with Gasteiger partial charge in [-0.15, -0.1) is 0 Å². The molecule has 0 spiro atoms. The fourth-order valence-corrected chi connectivity index (χ4v) is 2.33. The SMILES string of the molecule is COc1ccnc(C)c1C1CCCNC1. The van der Waals surface area contributed by atoms with E-state index in [9.17, 15) is 0 Å². The first-order valence-electron chi connectivity index (χ1n) is 5.53. The minimum atomic E-state index is 0.558. The lowest BCUT2D eigenvalue weighted by Gasteiger charge is -2.25. The minimum Gasteiger partial charge on any atom is -0.496 e. The summed E-state index contributed by atoms with van der Waals surface area (Å²) in [6, 6.07) is 1.96. The molecule has 1 N–H and O–H groups in total. The lowest BCUT2D eigenvalue weighted by atomic mass is 9.90. The highest BCUT2D eigenvalue weighted by molar-refractivity contribution is 5.38. The molecule has 2 rings (SSSR count). The van der Waals surface area contributed by atoms with Gasteiger partial charge in [0, 0.05) is 29.9 Å². The van der Waals surface area contributed by atoms with Crippen LogP contribution in [0.4, 0.5) is 0 Å². The molecular formula is C12H18N2O. The molecule has 2 heterocycles. The van der Waals surface area contributed by atoms with Gasteiger partial charge in [0.2, 0.25) is 0 Å². The Morgan fingerprint density at radius 3 is 3.07 bits per heavy atom. The van der Waals surface area contributed by atoms with Gasteiger partial charge in [-0.3, -0.25) is 4.98 Å². The Hall–Kier alpha value is -1.09. The van der Waals surface area contributed by atoms with E-state index in [1.807, 2.05) is 12.3 Å². The van der Waals surface area contributed by atoms with Crippen molar-refractivity contribution < 1.29 is 4.74 Å². The summed E-state index contributed by atoms with van der Waals surface area (Å²) in [4.78, 5) is 4.36. The van der Waals surface area contributed by atoms with Gasteiger partial charge in [0.15, 0.2) is 0 Å². The Morgan fingerprint density at radius 1 is 1.53 bits per heavy atom. The van der Waals surface area contributed by atoms with Crippen molar-refractivity contribution in [3.8, 4) is 5.75 Å². The first kappa shape index (κ1) is 10.4. The van der Waals surface area contributed by atoms with Gasteiger partial charge in [-0.25, -0.2) is 0 Å². The molecule has 1 aliphatic rings. The largest absolute Gasteiger partial charge is 0.496 e. The van der Waals surface area contributed by atoms with Gasteiger partial charge in [-0.2, -0.15) is 0 Å². The van der Waals surface area contributed by atoms with E-state index in [2.05, 4.69) is 17.2 Å². The second kappa shape index (κ2) is 4.62. The van der Waals surface area contributed by atoms with Crippen molar-refractivity contribution in [2.45, 2.75) is 25.7 Å².